The van der Waals surface area contributed by atoms with E-state index in [0.29, 0.717) is 10.6 Å². The van der Waals surface area contributed by atoms with Gasteiger partial charge in [0.2, 0.25) is 0 Å². The van der Waals surface area contributed by atoms with Crippen molar-refractivity contribution in [1.82, 2.24) is 4.98 Å². The smallest absolute Gasteiger partial charge is 0.305 e. The minimum Gasteiger partial charge on any atom is -0.316 e. The molecule has 0 fully saturated rings. The number of ketones is 1. The van der Waals surface area contributed by atoms with Crippen LogP contribution in [0.1, 0.15) is 22.3 Å². The van der Waals surface area contributed by atoms with Gasteiger partial charge in [-0.1, -0.05) is 17.4 Å². The summed E-state index contributed by atoms with van der Waals surface area (Å²) in [7, 11) is 0. The second kappa shape index (κ2) is 3.49. The van der Waals surface area contributed by atoms with E-state index in [1.165, 1.54) is 6.08 Å². The number of carbonyl (C=O) groups is 1. The van der Waals surface area contributed by atoms with E-state index < -0.39 is 0 Å². The molecule has 0 bridgehead atoms. The molecule has 1 heterocycles. The Kier molecular flexibility index (Phi) is 2.60. The number of hydrogen-bond acceptors (Lipinski definition) is 3. The van der Waals surface area contributed by atoms with Crippen molar-refractivity contribution < 1.29 is 4.79 Å². The van der Waals surface area contributed by atoms with Crippen molar-refractivity contribution in [2.24, 2.45) is 0 Å². The molecule has 0 aromatic carbocycles. The average molecular weight is 183 g/mol. The first-order valence-corrected chi connectivity index (χ1v) is 4.33. The first-order chi connectivity index (χ1) is 5.65. The lowest BCUT2D eigenvalue weighted by Gasteiger charge is -1.88. The van der Waals surface area contributed by atoms with Crippen molar-refractivity contribution in [3.05, 3.63) is 32.4 Å². The van der Waals surface area contributed by atoms with Gasteiger partial charge in [0.15, 0.2) is 5.78 Å². The van der Waals surface area contributed by atoms with Crippen molar-refractivity contribution in [2.75, 3.05) is 0 Å². The van der Waals surface area contributed by atoms with Crippen molar-refractivity contribution >= 4 is 17.1 Å². The van der Waals surface area contributed by atoms with Crippen molar-refractivity contribution in [1.29, 1.82) is 0 Å². The Morgan fingerprint density at radius 2 is 2.25 bits per heavy atom. The first-order valence-electron chi connectivity index (χ1n) is 3.52. The fourth-order valence-electron chi connectivity index (χ4n) is 0.867. The molecular formula is C8H9NO2S. The highest BCUT2D eigenvalue weighted by Gasteiger charge is 2.09. The van der Waals surface area contributed by atoms with E-state index in [-0.39, 0.29) is 10.7 Å². The molecule has 1 aromatic rings. The highest BCUT2D eigenvalue weighted by molar-refractivity contribution is 7.11. The number of rotatable bonds is 2. The number of carbonyl (C=O) groups excluding carboxylic acids is 1. The van der Waals surface area contributed by atoms with Crippen LogP contribution in [-0.4, -0.2) is 10.8 Å². The van der Waals surface area contributed by atoms with Crippen LogP contribution in [0, 0.1) is 6.92 Å². The summed E-state index contributed by atoms with van der Waals surface area (Å²) in [6.07, 6.45) is 3.11. The van der Waals surface area contributed by atoms with Gasteiger partial charge < -0.3 is 4.98 Å². The third-order valence-electron chi connectivity index (χ3n) is 1.37. The molecule has 4 heteroatoms. The van der Waals surface area contributed by atoms with E-state index >= 15 is 0 Å². The van der Waals surface area contributed by atoms with Crippen LogP contribution >= 0.6 is 11.3 Å². The molecule has 1 N–H and O–H groups in total. The second-order valence-corrected chi connectivity index (χ2v) is 3.32. The van der Waals surface area contributed by atoms with Crippen LogP contribution in [0.3, 0.4) is 0 Å². The van der Waals surface area contributed by atoms with Crippen molar-refractivity contribution in [3.63, 3.8) is 0 Å². The van der Waals surface area contributed by atoms with Crippen molar-refractivity contribution in [2.45, 2.75) is 13.8 Å². The second-order valence-electron chi connectivity index (χ2n) is 2.33. The Morgan fingerprint density at radius 1 is 1.58 bits per heavy atom. The maximum absolute atomic E-state index is 11.2. The van der Waals surface area contributed by atoms with Gasteiger partial charge in [-0.2, -0.15) is 0 Å². The molecule has 0 atom stereocenters. The maximum atomic E-state index is 11.2. The van der Waals surface area contributed by atoms with Gasteiger partial charge in [-0.05, 0) is 19.9 Å². The summed E-state index contributed by atoms with van der Waals surface area (Å²) < 4.78 is 0. The summed E-state index contributed by atoms with van der Waals surface area (Å²) >= 11 is 0.951. The summed E-state index contributed by atoms with van der Waals surface area (Å²) in [5.74, 6) is -0.113. The zero-order chi connectivity index (χ0) is 9.14. The Morgan fingerprint density at radius 3 is 2.67 bits per heavy atom. The molecule has 64 valence electrons. The molecule has 0 aliphatic rings. The molecule has 12 heavy (non-hydrogen) atoms. The van der Waals surface area contributed by atoms with Gasteiger partial charge in [-0.15, -0.1) is 0 Å². The fraction of sp³-hybridized carbons (Fsp3) is 0.250. The summed E-state index contributed by atoms with van der Waals surface area (Å²) in [4.78, 5) is 24.9. The molecule has 0 saturated carbocycles. The van der Waals surface area contributed by atoms with E-state index in [1.807, 2.05) is 0 Å². The third-order valence-corrected chi connectivity index (χ3v) is 2.37. The SMILES string of the molecule is C/C=C/C(=O)c1sc(=O)[nH]c1C. The molecule has 0 radical (unpaired) electrons. The summed E-state index contributed by atoms with van der Waals surface area (Å²) in [6.45, 7) is 3.48. The molecule has 0 spiro atoms. The van der Waals surface area contributed by atoms with Gasteiger partial charge in [0.25, 0.3) is 0 Å². The van der Waals surface area contributed by atoms with Crippen LogP contribution in [0.15, 0.2) is 16.9 Å². The van der Waals surface area contributed by atoms with E-state index in [4.69, 9.17) is 0 Å². The van der Waals surface area contributed by atoms with Crippen LogP contribution < -0.4 is 4.87 Å². The van der Waals surface area contributed by atoms with Gasteiger partial charge in [-0.25, -0.2) is 0 Å². The molecule has 0 aliphatic heterocycles. The monoisotopic (exact) mass is 183 g/mol. The standard InChI is InChI=1S/C8H9NO2S/c1-3-4-6(10)7-5(2)9-8(11)12-7/h3-4H,1-2H3,(H,9,11)/b4-3+. The summed E-state index contributed by atoms with van der Waals surface area (Å²) in [6, 6.07) is 0. The van der Waals surface area contributed by atoms with Gasteiger partial charge in [0.05, 0.1) is 4.88 Å². The van der Waals surface area contributed by atoms with Gasteiger partial charge in [-0.3, -0.25) is 9.59 Å². The zero-order valence-electron chi connectivity index (χ0n) is 6.88. The first kappa shape index (κ1) is 8.93. The number of aromatic nitrogens is 1. The van der Waals surface area contributed by atoms with E-state index in [1.54, 1.807) is 19.9 Å². The molecule has 0 saturated heterocycles. The minimum atomic E-state index is -0.180. The third kappa shape index (κ3) is 1.71. The molecule has 1 rings (SSSR count). The normalized spacial score (nSPS) is 10.8. The number of hydrogen-bond donors (Lipinski definition) is 1. The van der Waals surface area contributed by atoms with Crippen LogP contribution in [-0.2, 0) is 0 Å². The minimum absolute atomic E-state index is 0.113. The van der Waals surface area contributed by atoms with Gasteiger partial charge >= 0.3 is 4.87 Å². The Hall–Kier alpha value is -1.16. The number of nitrogens with one attached hydrogen (secondary N) is 1. The fourth-order valence-corrected chi connectivity index (χ4v) is 1.63. The molecule has 0 aliphatic carbocycles. The molecule has 0 amide bonds. The van der Waals surface area contributed by atoms with Crippen molar-refractivity contribution in [3.8, 4) is 0 Å². The predicted octanol–water partition coefficient (Wildman–Crippen LogP) is 1.50. The molecule has 0 unspecified atom stereocenters. The maximum Gasteiger partial charge on any atom is 0.305 e. The lowest BCUT2D eigenvalue weighted by molar-refractivity contribution is 0.104. The van der Waals surface area contributed by atoms with Crippen LogP contribution in [0.5, 0.6) is 0 Å². The topological polar surface area (TPSA) is 49.9 Å². The summed E-state index contributed by atoms with van der Waals surface area (Å²) in [5, 5.41) is 0. The highest BCUT2D eigenvalue weighted by atomic mass is 32.1. The lowest BCUT2D eigenvalue weighted by Crippen LogP contribution is -1.93. The van der Waals surface area contributed by atoms with Crippen LogP contribution in [0.2, 0.25) is 0 Å². The number of allylic oxidation sites excluding steroid dienone is 2. The Bertz CT molecular complexity index is 373. The van der Waals surface area contributed by atoms with E-state index in [9.17, 15) is 9.59 Å². The highest BCUT2D eigenvalue weighted by Crippen LogP contribution is 2.09. The van der Waals surface area contributed by atoms with Gasteiger partial charge in [0, 0.05) is 5.69 Å². The molecular weight excluding hydrogens is 174 g/mol. The Labute approximate surface area is 73.7 Å². The number of thiazole rings is 1. The molecule has 1 aromatic heterocycles. The largest absolute Gasteiger partial charge is 0.316 e. The average Bonchev–Trinajstić information content (AvgIpc) is 2.30. The van der Waals surface area contributed by atoms with E-state index in [2.05, 4.69) is 4.98 Å². The number of H-pyrrole nitrogens is 1. The lowest BCUT2D eigenvalue weighted by atomic mass is 10.2. The summed E-state index contributed by atoms with van der Waals surface area (Å²) in [5.41, 5.74) is 0.646. The quantitative estimate of drug-likeness (QED) is 0.558. The van der Waals surface area contributed by atoms with Crippen LogP contribution in [0.4, 0.5) is 0 Å². The van der Waals surface area contributed by atoms with Crippen LogP contribution in [0.25, 0.3) is 0 Å². The molecule has 3 nitrogen and oxygen atoms in total. The Balaban J connectivity index is 3.10. The predicted molar refractivity (Wildman–Crippen MR) is 48.8 cm³/mol. The zero-order valence-corrected chi connectivity index (χ0v) is 7.70. The number of aryl methyl sites for hydroxylation is 1. The van der Waals surface area contributed by atoms with Gasteiger partial charge in [0.1, 0.15) is 0 Å². The number of aromatic amines is 1. The van der Waals surface area contributed by atoms with E-state index in [0.717, 1.165) is 11.3 Å².